The monoisotopic (exact) mass is 248 g/mol. The molecule has 1 rings (SSSR count). The summed E-state index contributed by atoms with van der Waals surface area (Å²) in [6, 6.07) is 0. The number of hydrogen-bond acceptors (Lipinski definition) is 6. The quantitative estimate of drug-likeness (QED) is 0.671. The summed E-state index contributed by atoms with van der Waals surface area (Å²) < 4.78 is 15.4. The van der Waals surface area contributed by atoms with Crippen molar-refractivity contribution in [2.75, 3.05) is 6.61 Å². The van der Waals surface area contributed by atoms with Crippen LogP contribution in [0.5, 0.6) is 0 Å². The van der Waals surface area contributed by atoms with Crippen molar-refractivity contribution in [1.29, 1.82) is 0 Å². The molecular formula is C11H20O6. The number of hydrogen-bond donors (Lipinski definition) is 2. The Kier molecular flexibility index (Phi) is 4.48. The maximum atomic E-state index is 11.4. The van der Waals surface area contributed by atoms with Gasteiger partial charge in [-0.25, -0.2) is 4.79 Å². The first-order valence-corrected chi connectivity index (χ1v) is 5.61. The number of aliphatic hydroxyl groups excluding tert-OH is 2. The molecule has 0 unspecified atom stereocenters. The minimum absolute atomic E-state index is 0.125. The Morgan fingerprint density at radius 2 is 2.00 bits per heavy atom. The Labute approximate surface area is 100 Å². The van der Waals surface area contributed by atoms with Crippen molar-refractivity contribution in [3.05, 3.63) is 0 Å². The summed E-state index contributed by atoms with van der Waals surface area (Å²) in [7, 11) is 0. The molecule has 17 heavy (non-hydrogen) atoms. The summed E-state index contributed by atoms with van der Waals surface area (Å²) in [5.74, 6) is -1.67. The third-order valence-electron chi connectivity index (χ3n) is 2.33. The number of esters is 1. The molecule has 0 saturated carbocycles. The largest absolute Gasteiger partial charge is 0.461 e. The van der Waals surface area contributed by atoms with Crippen LogP contribution in [0.15, 0.2) is 0 Å². The van der Waals surface area contributed by atoms with E-state index in [1.807, 2.05) is 0 Å². The molecule has 1 aliphatic rings. The predicted molar refractivity (Wildman–Crippen MR) is 58.1 cm³/mol. The topological polar surface area (TPSA) is 85.2 Å². The molecule has 6 nitrogen and oxygen atoms in total. The van der Waals surface area contributed by atoms with Crippen molar-refractivity contribution in [2.24, 2.45) is 0 Å². The molecule has 1 aliphatic heterocycles. The average Bonchev–Trinajstić information content (AvgIpc) is 2.55. The van der Waals surface area contributed by atoms with E-state index in [0.717, 1.165) is 0 Å². The maximum absolute atomic E-state index is 11.4. The van der Waals surface area contributed by atoms with E-state index in [1.165, 1.54) is 0 Å². The number of rotatable bonds is 4. The predicted octanol–water partition coefficient (Wildman–Crippen LogP) is -0.189. The lowest BCUT2D eigenvalue weighted by atomic mass is 10.1. The van der Waals surface area contributed by atoms with Gasteiger partial charge in [0.2, 0.25) is 0 Å². The van der Waals surface area contributed by atoms with Crippen LogP contribution in [0.3, 0.4) is 0 Å². The molecule has 1 heterocycles. The molecule has 100 valence electrons. The van der Waals surface area contributed by atoms with Crippen molar-refractivity contribution in [3.8, 4) is 0 Å². The lowest BCUT2D eigenvalue weighted by molar-refractivity contribution is -0.179. The van der Waals surface area contributed by atoms with Gasteiger partial charge in [-0.05, 0) is 27.7 Å². The van der Waals surface area contributed by atoms with Crippen LogP contribution in [0.2, 0.25) is 0 Å². The van der Waals surface area contributed by atoms with Crippen LogP contribution in [0, 0.1) is 0 Å². The van der Waals surface area contributed by atoms with Gasteiger partial charge in [0, 0.05) is 0 Å². The van der Waals surface area contributed by atoms with Crippen molar-refractivity contribution < 1.29 is 29.2 Å². The number of aliphatic hydroxyl groups is 2. The zero-order valence-electron chi connectivity index (χ0n) is 10.5. The molecule has 3 atom stereocenters. The molecule has 0 aromatic rings. The molecule has 0 radical (unpaired) electrons. The van der Waals surface area contributed by atoms with E-state index in [4.69, 9.17) is 14.2 Å². The number of ether oxygens (including phenoxy) is 3. The highest BCUT2D eigenvalue weighted by Crippen LogP contribution is 2.25. The summed E-state index contributed by atoms with van der Waals surface area (Å²) in [6.45, 7) is 6.84. The van der Waals surface area contributed by atoms with E-state index in [0.29, 0.717) is 0 Å². The summed E-state index contributed by atoms with van der Waals surface area (Å²) in [5.41, 5.74) is 0. The second-order valence-electron chi connectivity index (χ2n) is 4.79. The number of carbonyl (C=O) groups excluding carboxylic acids is 1. The zero-order valence-corrected chi connectivity index (χ0v) is 10.5. The molecule has 1 saturated heterocycles. The van der Waals surface area contributed by atoms with Crippen LogP contribution in [0.4, 0.5) is 0 Å². The summed E-state index contributed by atoms with van der Waals surface area (Å²) in [6.07, 6.45) is -4.07. The molecule has 0 amide bonds. The Hall–Kier alpha value is -0.690. The van der Waals surface area contributed by atoms with Gasteiger partial charge in [0.1, 0.15) is 12.2 Å². The first-order valence-electron chi connectivity index (χ1n) is 5.61. The Morgan fingerprint density at radius 3 is 2.41 bits per heavy atom. The van der Waals surface area contributed by atoms with E-state index < -0.39 is 30.1 Å². The molecule has 1 fully saturated rings. The van der Waals surface area contributed by atoms with Crippen molar-refractivity contribution >= 4 is 5.97 Å². The van der Waals surface area contributed by atoms with Crippen LogP contribution in [0.25, 0.3) is 0 Å². The minimum atomic E-state index is -1.63. The van der Waals surface area contributed by atoms with Gasteiger partial charge in [0.05, 0.1) is 12.7 Å². The molecular weight excluding hydrogens is 228 g/mol. The van der Waals surface area contributed by atoms with Gasteiger partial charge < -0.3 is 24.4 Å². The Balaban J connectivity index is 2.52. The fraction of sp³-hybridized carbons (Fsp3) is 0.909. The molecule has 0 bridgehead atoms. The third-order valence-corrected chi connectivity index (χ3v) is 2.33. The Morgan fingerprint density at radius 1 is 1.41 bits per heavy atom. The molecule has 0 spiro atoms. The first kappa shape index (κ1) is 14.4. The Bertz CT molecular complexity index is 275. The normalized spacial score (nSPS) is 26.9. The van der Waals surface area contributed by atoms with Gasteiger partial charge in [-0.1, -0.05) is 0 Å². The first-order chi connectivity index (χ1) is 7.73. The second kappa shape index (κ2) is 5.30. The van der Waals surface area contributed by atoms with E-state index in [2.05, 4.69) is 0 Å². The van der Waals surface area contributed by atoms with Crippen LogP contribution in [0.1, 0.15) is 27.7 Å². The maximum Gasteiger partial charge on any atom is 0.338 e. The average molecular weight is 248 g/mol. The highest BCUT2D eigenvalue weighted by Gasteiger charge is 2.41. The zero-order chi connectivity index (χ0) is 13.2. The third kappa shape index (κ3) is 3.92. The van der Waals surface area contributed by atoms with Crippen LogP contribution in [-0.4, -0.2) is 53.0 Å². The highest BCUT2D eigenvalue weighted by atomic mass is 16.7. The van der Waals surface area contributed by atoms with Crippen LogP contribution >= 0.6 is 0 Å². The highest BCUT2D eigenvalue weighted by molar-refractivity contribution is 5.75. The fourth-order valence-electron chi connectivity index (χ4n) is 1.53. The summed E-state index contributed by atoms with van der Waals surface area (Å²) >= 11 is 0. The summed E-state index contributed by atoms with van der Waals surface area (Å²) in [5, 5.41) is 19.4. The van der Waals surface area contributed by atoms with Gasteiger partial charge in [-0.15, -0.1) is 0 Å². The fourth-order valence-corrected chi connectivity index (χ4v) is 1.53. The summed E-state index contributed by atoms with van der Waals surface area (Å²) in [4.78, 5) is 11.4. The molecule has 0 aromatic carbocycles. The van der Waals surface area contributed by atoms with E-state index in [1.54, 1.807) is 27.7 Å². The van der Waals surface area contributed by atoms with E-state index in [9.17, 15) is 15.0 Å². The number of carbonyl (C=O) groups is 1. The van der Waals surface area contributed by atoms with Crippen LogP contribution < -0.4 is 0 Å². The van der Waals surface area contributed by atoms with Gasteiger partial charge in [0.25, 0.3) is 0 Å². The lowest BCUT2D eigenvalue weighted by Crippen LogP contribution is -2.45. The van der Waals surface area contributed by atoms with Crippen molar-refractivity contribution in [1.82, 2.24) is 0 Å². The van der Waals surface area contributed by atoms with Gasteiger partial charge in [-0.3, -0.25) is 0 Å². The molecule has 0 aliphatic carbocycles. The van der Waals surface area contributed by atoms with Crippen molar-refractivity contribution in [2.45, 2.75) is 57.9 Å². The smallest absolute Gasteiger partial charge is 0.338 e. The molecule has 0 aromatic heterocycles. The minimum Gasteiger partial charge on any atom is -0.461 e. The lowest BCUT2D eigenvalue weighted by Gasteiger charge is -2.23. The second-order valence-corrected chi connectivity index (χ2v) is 4.79. The van der Waals surface area contributed by atoms with Crippen molar-refractivity contribution in [3.63, 3.8) is 0 Å². The van der Waals surface area contributed by atoms with Crippen LogP contribution in [-0.2, 0) is 19.0 Å². The standard InChI is InChI=1S/C11H20O6/c1-6(2)16-10(14)9(13)8(12)7-5-15-11(3,4)17-7/h6-9,12-13H,5H2,1-4H3/t7-,8+,9-/m1/s1. The molecule has 2 N–H and O–H groups in total. The van der Waals surface area contributed by atoms with E-state index in [-0.39, 0.29) is 12.7 Å². The van der Waals surface area contributed by atoms with Gasteiger partial charge >= 0.3 is 5.97 Å². The van der Waals surface area contributed by atoms with Gasteiger partial charge in [-0.2, -0.15) is 0 Å². The van der Waals surface area contributed by atoms with Gasteiger partial charge in [0.15, 0.2) is 11.9 Å². The SMILES string of the molecule is CC(C)OC(=O)[C@H](O)[C@@H](O)[C@H]1COC(C)(C)O1. The van der Waals surface area contributed by atoms with E-state index >= 15 is 0 Å². The molecule has 6 heteroatoms.